The van der Waals surface area contributed by atoms with Gasteiger partial charge in [0.15, 0.2) is 0 Å². The smallest absolute Gasteiger partial charge is 0.212 e. The summed E-state index contributed by atoms with van der Waals surface area (Å²) < 4.78 is 27.6. The number of sulfonamides is 1. The maximum Gasteiger partial charge on any atom is 0.212 e. The summed E-state index contributed by atoms with van der Waals surface area (Å²) in [6.45, 7) is 3.46. The lowest BCUT2D eigenvalue weighted by Crippen LogP contribution is -2.44. The van der Waals surface area contributed by atoms with E-state index in [1.54, 1.807) is 13.8 Å². The lowest BCUT2D eigenvalue weighted by Gasteiger charge is -2.34. The molecule has 1 saturated carbocycles. The third kappa shape index (κ3) is 7.71. The number of nitrogens with zero attached hydrogens (tertiary/aromatic N) is 1. The van der Waals surface area contributed by atoms with Gasteiger partial charge >= 0.3 is 0 Å². The molecule has 0 saturated heterocycles. The van der Waals surface area contributed by atoms with Gasteiger partial charge in [0.25, 0.3) is 0 Å². The second kappa shape index (κ2) is 10.1. The first-order valence-electron chi connectivity index (χ1n) is 9.69. The van der Waals surface area contributed by atoms with Crippen LogP contribution in [0.1, 0.15) is 51.5 Å². The van der Waals surface area contributed by atoms with Crippen LogP contribution in [0.3, 0.4) is 0 Å². The Bertz CT molecular complexity index is 826. The van der Waals surface area contributed by atoms with Crippen molar-refractivity contribution in [2.75, 3.05) is 12.8 Å². The molecule has 0 heterocycles. The van der Waals surface area contributed by atoms with E-state index in [9.17, 15) is 13.5 Å². The van der Waals surface area contributed by atoms with Crippen LogP contribution < -0.4 is 0 Å². The average Bonchev–Trinajstić information content (AvgIpc) is 2.61. The standard InChI is InChI=1S/C22H30BrNO3S/c1-22(2,25)15-14-21(19-12-8-5-9-13-19)24(28(3,26)27)17-20(23)16-18-10-6-4-7-11-18/h4,6-7,10-11,16,19,21,25H,5,8-9,12-13,17H2,1-3H3/b20-16-/t21-/m0/s1. The molecule has 0 unspecified atom stereocenters. The van der Waals surface area contributed by atoms with E-state index in [0.717, 1.165) is 35.7 Å². The van der Waals surface area contributed by atoms with E-state index in [4.69, 9.17) is 0 Å². The predicted molar refractivity (Wildman–Crippen MR) is 119 cm³/mol. The molecule has 1 aromatic carbocycles. The Morgan fingerprint density at radius 1 is 1.29 bits per heavy atom. The highest BCUT2D eigenvalue weighted by molar-refractivity contribution is 9.11. The molecule has 1 aliphatic carbocycles. The molecule has 0 aromatic heterocycles. The van der Waals surface area contributed by atoms with E-state index >= 15 is 0 Å². The van der Waals surface area contributed by atoms with Crippen molar-refractivity contribution in [3.8, 4) is 11.8 Å². The molecule has 2 rings (SSSR count). The third-order valence-electron chi connectivity index (χ3n) is 4.79. The molecular formula is C22H30BrNO3S. The fraction of sp³-hybridized carbons (Fsp3) is 0.545. The Morgan fingerprint density at radius 3 is 2.43 bits per heavy atom. The maximum absolute atomic E-state index is 12.7. The minimum Gasteiger partial charge on any atom is -0.378 e. The van der Waals surface area contributed by atoms with Crippen molar-refractivity contribution in [3.63, 3.8) is 0 Å². The van der Waals surface area contributed by atoms with Crippen LogP contribution in [0.4, 0.5) is 0 Å². The van der Waals surface area contributed by atoms with E-state index in [-0.39, 0.29) is 12.5 Å². The number of rotatable bonds is 6. The van der Waals surface area contributed by atoms with Crippen molar-refractivity contribution in [3.05, 3.63) is 40.4 Å². The molecule has 1 atom stereocenters. The normalized spacial score (nSPS) is 17.9. The van der Waals surface area contributed by atoms with Crippen LogP contribution in [-0.2, 0) is 10.0 Å². The summed E-state index contributed by atoms with van der Waals surface area (Å²) in [5, 5.41) is 10.1. The third-order valence-corrected chi connectivity index (χ3v) is 6.48. The zero-order valence-corrected chi connectivity index (χ0v) is 19.3. The summed E-state index contributed by atoms with van der Waals surface area (Å²) in [6, 6.07) is 9.33. The maximum atomic E-state index is 12.7. The monoisotopic (exact) mass is 467 g/mol. The molecule has 1 fully saturated rings. The number of hydrogen-bond acceptors (Lipinski definition) is 3. The SMILES string of the molecule is CC(C)(O)C#C[C@@H](C1CCCCC1)N(C/C(Br)=C/c1ccccc1)S(C)(=O)=O. The topological polar surface area (TPSA) is 57.6 Å². The molecule has 1 aliphatic rings. The van der Waals surface area contributed by atoms with Crippen LogP contribution >= 0.6 is 15.9 Å². The lowest BCUT2D eigenvalue weighted by atomic mass is 9.84. The zero-order valence-electron chi connectivity index (χ0n) is 16.9. The van der Waals surface area contributed by atoms with Gasteiger partial charge in [0.1, 0.15) is 5.60 Å². The second-order valence-electron chi connectivity index (χ2n) is 7.98. The average molecular weight is 468 g/mol. The zero-order chi connectivity index (χ0) is 20.8. The molecule has 6 heteroatoms. The molecule has 1 aromatic rings. The Hall–Kier alpha value is -1.13. The fourth-order valence-corrected chi connectivity index (χ4v) is 5.18. The van der Waals surface area contributed by atoms with Crippen LogP contribution in [0, 0.1) is 17.8 Å². The van der Waals surface area contributed by atoms with Gasteiger partial charge in [-0.3, -0.25) is 0 Å². The molecule has 0 radical (unpaired) electrons. The highest BCUT2D eigenvalue weighted by Crippen LogP contribution is 2.31. The van der Waals surface area contributed by atoms with Crippen molar-refractivity contribution < 1.29 is 13.5 Å². The summed E-state index contributed by atoms with van der Waals surface area (Å²) in [4.78, 5) is 0. The largest absolute Gasteiger partial charge is 0.378 e. The van der Waals surface area contributed by atoms with Gasteiger partial charge in [0.05, 0.1) is 12.3 Å². The summed E-state index contributed by atoms with van der Waals surface area (Å²) in [5.74, 6) is 6.14. The minimum atomic E-state index is -3.49. The number of benzene rings is 1. The Morgan fingerprint density at radius 2 is 1.89 bits per heavy atom. The van der Waals surface area contributed by atoms with E-state index < -0.39 is 21.7 Å². The van der Waals surface area contributed by atoms with Gasteiger partial charge in [0.2, 0.25) is 10.0 Å². The van der Waals surface area contributed by atoms with Gasteiger partial charge in [-0.2, -0.15) is 4.31 Å². The Kier molecular flexibility index (Phi) is 8.32. The molecule has 1 N–H and O–H groups in total. The van der Waals surface area contributed by atoms with Crippen molar-refractivity contribution in [1.82, 2.24) is 4.31 Å². The van der Waals surface area contributed by atoms with Gasteiger partial charge < -0.3 is 5.11 Å². The minimum absolute atomic E-state index is 0.176. The van der Waals surface area contributed by atoms with Crippen molar-refractivity contribution in [1.29, 1.82) is 0 Å². The highest BCUT2D eigenvalue weighted by Gasteiger charge is 2.33. The van der Waals surface area contributed by atoms with Gasteiger partial charge in [-0.15, -0.1) is 0 Å². The number of hydrogen-bond donors (Lipinski definition) is 1. The quantitative estimate of drug-likeness (QED) is 0.630. The van der Waals surface area contributed by atoms with Crippen LogP contribution in [0.5, 0.6) is 0 Å². The Balaban J connectivity index is 2.36. The fourth-order valence-electron chi connectivity index (χ4n) is 3.47. The molecule has 154 valence electrons. The molecule has 0 bridgehead atoms. The summed E-state index contributed by atoms with van der Waals surface area (Å²) in [6.07, 6.45) is 8.43. The first-order valence-corrected chi connectivity index (χ1v) is 12.3. The van der Waals surface area contributed by atoms with E-state index in [0.29, 0.717) is 0 Å². The van der Waals surface area contributed by atoms with Gasteiger partial charge in [-0.05, 0) is 44.2 Å². The lowest BCUT2D eigenvalue weighted by molar-refractivity contribution is 0.143. The molecule has 0 amide bonds. The first-order chi connectivity index (χ1) is 13.1. The van der Waals surface area contributed by atoms with Gasteiger partial charge in [-0.1, -0.05) is 77.4 Å². The summed E-state index contributed by atoms with van der Waals surface area (Å²) in [7, 11) is -3.49. The van der Waals surface area contributed by atoms with E-state index in [1.807, 2.05) is 36.4 Å². The highest BCUT2D eigenvalue weighted by atomic mass is 79.9. The molecule has 0 spiro atoms. The number of halogens is 1. The van der Waals surface area contributed by atoms with Crippen LogP contribution in [0.2, 0.25) is 0 Å². The van der Waals surface area contributed by atoms with Crippen LogP contribution in [-0.4, -0.2) is 42.3 Å². The van der Waals surface area contributed by atoms with Crippen molar-refractivity contribution >= 4 is 32.0 Å². The summed E-state index contributed by atoms with van der Waals surface area (Å²) >= 11 is 3.55. The number of aliphatic hydroxyl groups is 1. The molecule has 0 aliphatic heterocycles. The van der Waals surface area contributed by atoms with Crippen molar-refractivity contribution in [2.45, 2.75) is 57.6 Å². The molecular weight excluding hydrogens is 438 g/mol. The van der Waals surface area contributed by atoms with E-state index in [1.165, 1.54) is 17.0 Å². The molecule has 4 nitrogen and oxygen atoms in total. The summed E-state index contributed by atoms with van der Waals surface area (Å²) in [5.41, 5.74) is -0.160. The van der Waals surface area contributed by atoms with Crippen LogP contribution in [0.25, 0.3) is 6.08 Å². The predicted octanol–water partition coefficient (Wildman–Crippen LogP) is 4.41. The second-order valence-corrected chi connectivity index (χ2v) is 10.9. The first kappa shape index (κ1) is 23.2. The Labute approximate surface area is 178 Å². The van der Waals surface area contributed by atoms with Gasteiger partial charge in [0, 0.05) is 11.0 Å². The molecule has 28 heavy (non-hydrogen) atoms. The van der Waals surface area contributed by atoms with Gasteiger partial charge in [-0.25, -0.2) is 8.42 Å². The van der Waals surface area contributed by atoms with Crippen LogP contribution in [0.15, 0.2) is 34.8 Å². The van der Waals surface area contributed by atoms with E-state index in [2.05, 4.69) is 27.8 Å². The van der Waals surface area contributed by atoms with Crippen molar-refractivity contribution in [2.24, 2.45) is 5.92 Å².